The molecule has 6 nitrogen and oxygen atoms in total. The van der Waals surface area contributed by atoms with Crippen LogP contribution in [0.25, 0.3) is 0 Å². The van der Waals surface area contributed by atoms with Crippen LogP contribution in [0.4, 0.5) is 0 Å². The van der Waals surface area contributed by atoms with Crippen molar-refractivity contribution in [1.29, 1.82) is 0 Å². The van der Waals surface area contributed by atoms with E-state index in [1.165, 1.54) is 24.2 Å². The summed E-state index contributed by atoms with van der Waals surface area (Å²) in [5.74, 6) is 1.07. The van der Waals surface area contributed by atoms with E-state index in [1.807, 2.05) is 0 Å². The molecule has 4 aliphatic rings. The Balaban J connectivity index is 0.00000182. The molecule has 0 aromatic carbocycles. The highest BCUT2D eigenvalue weighted by Crippen LogP contribution is 2.52. The fraction of sp³-hybridized carbons (Fsp3) is 0.722. The van der Waals surface area contributed by atoms with Crippen LogP contribution in [0.1, 0.15) is 32.1 Å². The van der Waals surface area contributed by atoms with Gasteiger partial charge in [0.2, 0.25) is 11.8 Å². The van der Waals surface area contributed by atoms with E-state index in [2.05, 4.69) is 22.0 Å². The number of nitrogens with two attached hydrogens (primary N) is 1. The zero-order chi connectivity index (χ0) is 16.7. The molecule has 2 aliphatic carbocycles. The third-order valence-electron chi connectivity index (χ3n) is 6.06. The summed E-state index contributed by atoms with van der Waals surface area (Å²) < 4.78 is 0. The van der Waals surface area contributed by atoms with Crippen molar-refractivity contribution in [3.05, 3.63) is 12.2 Å². The number of likely N-dealkylation sites (tertiary alicyclic amines) is 2. The number of halogens is 1. The van der Waals surface area contributed by atoms with Gasteiger partial charge in [-0.15, -0.1) is 24.0 Å². The van der Waals surface area contributed by atoms with E-state index in [4.69, 9.17) is 5.73 Å². The second-order valence-electron chi connectivity index (χ2n) is 7.47. The molecule has 2 amide bonds. The molecule has 1 saturated carbocycles. The monoisotopic (exact) mass is 458 g/mol. The summed E-state index contributed by atoms with van der Waals surface area (Å²) in [6.45, 7) is 3.01. The number of fused-ring (bicyclic) bond motifs is 5. The van der Waals surface area contributed by atoms with Gasteiger partial charge >= 0.3 is 0 Å². The zero-order valence-corrected chi connectivity index (χ0v) is 16.8. The lowest BCUT2D eigenvalue weighted by Crippen LogP contribution is -2.41. The standard InChI is InChI=1S/C18H26N4O2.HI/c19-18(21-8-2-1-3-9-21)20-7-4-10-22-16(23)14-12-5-6-13(11-12)15(14)17(22)24;/h5-6,12-15H,1-4,7-11H2,(H2,19,20);1H. The summed E-state index contributed by atoms with van der Waals surface area (Å²) in [6.07, 6.45) is 9.54. The number of nitrogens with zero attached hydrogens (tertiary/aromatic N) is 3. The number of aliphatic imine (C=N–C) groups is 1. The predicted octanol–water partition coefficient (Wildman–Crippen LogP) is 1.60. The Labute approximate surface area is 165 Å². The van der Waals surface area contributed by atoms with Crippen LogP contribution in [0.5, 0.6) is 0 Å². The molecule has 2 heterocycles. The Morgan fingerprint density at radius 3 is 2.28 bits per heavy atom. The van der Waals surface area contributed by atoms with Gasteiger partial charge in [0.25, 0.3) is 0 Å². The second-order valence-corrected chi connectivity index (χ2v) is 7.47. The first-order valence-corrected chi connectivity index (χ1v) is 9.25. The van der Waals surface area contributed by atoms with Crippen LogP contribution < -0.4 is 5.73 Å². The Bertz CT molecular complexity index is 570. The Hall–Kier alpha value is -1.12. The number of piperidine rings is 1. The summed E-state index contributed by atoms with van der Waals surface area (Å²) in [5.41, 5.74) is 6.04. The molecule has 4 unspecified atom stereocenters. The van der Waals surface area contributed by atoms with Crippen LogP contribution >= 0.6 is 24.0 Å². The molecule has 3 fully saturated rings. The van der Waals surface area contributed by atoms with E-state index in [-0.39, 0.29) is 59.5 Å². The summed E-state index contributed by atoms with van der Waals surface area (Å²) in [5, 5.41) is 0. The van der Waals surface area contributed by atoms with Crippen molar-refractivity contribution in [2.75, 3.05) is 26.2 Å². The highest BCUT2D eigenvalue weighted by atomic mass is 127. The van der Waals surface area contributed by atoms with Crippen LogP contribution in [-0.4, -0.2) is 53.8 Å². The molecule has 0 radical (unpaired) electrons. The van der Waals surface area contributed by atoms with Gasteiger partial charge in [0.05, 0.1) is 11.8 Å². The molecule has 138 valence electrons. The zero-order valence-electron chi connectivity index (χ0n) is 14.5. The second kappa shape index (κ2) is 7.63. The molecule has 4 rings (SSSR count). The molecule has 0 spiro atoms. The number of carbonyl (C=O) groups excluding carboxylic acids is 2. The Morgan fingerprint density at radius 1 is 1.08 bits per heavy atom. The summed E-state index contributed by atoms with van der Waals surface area (Å²) in [6, 6.07) is 0. The fourth-order valence-corrected chi connectivity index (χ4v) is 4.83. The molecule has 2 saturated heterocycles. The van der Waals surface area contributed by atoms with Crippen molar-refractivity contribution in [3.8, 4) is 0 Å². The quantitative estimate of drug-likeness (QED) is 0.173. The topological polar surface area (TPSA) is 79.0 Å². The highest BCUT2D eigenvalue weighted by molar-refractivity contribution is 14.0. The smallest absolute Gasteiger partial charge is 0.233 e. The van der Waals surface area contributed by atoms with Crippen molar-refractivity contribution < 1.29 is 9.59 Å². The van der Waals surface area contributed by atoms with Gasteiger partial charge in [0, 0.05) is 26.2 Å². The van der Waals surface area contributed by atoms with Crippen molar-refractivity contribution in [2.45, 2.75) is 32.1 Å². The van der Waals surface area contributed by atoms with Crippen LogP contribution in [0, 0.1) is 23.7 Å². The Kier molecular flexibility index (Phi) is 5.70. The van der Waals surface area contributed by atoms with Crippen LogP contribution in [0.3, 0.4) is 0 Å². The first kappa shape index (κ1) is 18.7. The Morgan fingerprint density at radius 2 is 1.68 bits per heavy atom. The molecule has 4 atom stereocenters. The molecule has 25 heavy (non-hydrogen) atoms. The SMILES string of the molecule is I.NC(=NCCCN1C(=O)C2C3C=CC(C3)C2C1=O)N1CCCCC1. The van der Waals surface area contributed by atoms with Gasteiger partial charge in [-0.3, -0.25) is 19.5 Å². The number of amides is 2. The van der Waals surface area contributed by atoms with Crippen molar-refractivity contribution in [3.63, 3.8) is 0 Å². The van der Waals surface area contributed by atoms with Gasteiger partial charge in [-0.2, -0.15) is 0 Å². The van der Waals surface area contributed by atoms with Gasteiger partial charge < -0.3 is 10.6 Å². The average Bonchev–Trinajstić information content (AvgIpc) is 3.28. The number of guanidine groups is 1. The number of allylic oxidation sites excluding steroid dienone is 2. The average molecular weight is 458 g/mol. The molecular weight excluding hydrogens is 431 g/mol. The van der Waals surface area contributed by atoms with E-state index in [1.54, 1.807) is 0 Å². The lowest BCUT2D eigenvalue weighted by atomic mass is 9.85. The number of rotatable bonds is 4. The van der Waals surface area contributed by atoms with E-state index in [0.29, 0.717) is 25.5 Å². The third kappa shape index (κ3) is 3.31. The molecule has 2 bridgehead atoms. The van der Waals surface area contributed by atoms with Crippen molar-refractivity contribution in [2.24, 2.45) is 34.4 Å². The molecule has 2 N–H and O–H groups in total. The molecule has 0 aromatic heterocycles. The minimum atomic E-state index is -0.0885. The number of imide groups is 1. The fourth-order valence-electron chi connectivity index (χ4n) is 4.83. The van der Waals surface area contributed by atoms with Crippen molar-refractivity contribution >= 4 is 41.8 Å². The minimum Gasteiger partial charge on any atom is -0.370 e. The molecular formula is C18H27IN4O2. The number of carbonyl (C=O) groups is 2. The summed E-state index contributed by atoms with van der Waals surface area (Å²) >= 11 is 0. The summed E-state index contributed by atoms with van der Waals surface area (Å²) in [7, 11) is 0. The molecule has 0 aromatic rings. The van der Waals surface area contributed by atoms with Crippen molar-refractivity contribution in [1.82, 2.24) is 9.80 Å². The van der Waals surface area contributed by atoms with Gasteiger partial charge in [0.1, 0.15) is 0 Å². The first-order chi connectivity index (χ1) is 11.7. The predicted molar refractivity (Wildman–Crippen MR) is 106 cm³/mol. The largest absolute Gasteiger partial charge is 0.370 e. The number of hydrogen-bond donors (Lipinski definition) is 1. The third-order valence-corrected chi connectivity index (χ3v) is 6.06. The summed E-state index contributed by atoms with van der Waals surface area (Å²) in [4.78, 5) is 33.2. The van der Waals surface area contributed by atoms with Crippen LogP contribution in [0.2, 0.25) is 0 Å². The molecule has 2 aliphatic heterocycles. The lowest BCUT2D eigenvalue weighted by molar-refractivity contribution is -0.140. The van der Waals surface area contributed by atoms with Crippen LogP contribution in [0.15, 0.2) is 17.1 Å². The van der Waals surface area contributed by atoms with E-state index in [9.17, 15) is 9.59 Å². The van der Waals surface area contributed by atoms with Crippen LogP contribution in [-0.2, 0) is 9.59 Å². The molecule has 7 heteroatoms. The lowest BCUT2D eigenvalue weighted by Gasteiger charge is -2.27. The van der Waals surface area contributed by atoms with Gasteiger partial charge in [0.15, 0.2) is 5.96 Å². The van der Waals surface area contributed by atoms with Gasteiger partial charge in [-0.25, -0.2) is 0 Å². The maximum absolute atomic E-state index is 12.6. The van der Waals surface area contributed by atoms with E-state index in [0.717, 1.165) is 19.5 Å². The first-order valence-electron chi connectivity index (χ1n) is 9.25. The van der Waals surface area contributed by atoms with E-state index < -0.39 is 0 Å². The highest BCUT2D eigenvalue weighted by Gasteiger charge is 2.58. The number of hydrogen-bond acceptors (Lipinski definition) is 3. The maximum atomic E-state index is 12.6. The van der Waals surface area contributed by atoms with Gasteiger partial charge in [-0.1, -0.05) is 12.2 Å². The van der Waals surface area contributed by atoms with E-state index >= 15 is 0 Å². The van der Waals surface area contributed by atoms with Gasteiger partial charge in [-0.05, 0) is 43.9 Å². The minimum absolute atomic E-state index is 0. The maximum Gasteiger partial charge on any atom is 0.233 e. The normalized spacial score (nSPS) is 33.8.